The SMILES string of the molecule is CCC(CC)C1=Nc2cnc3ccccc3c2N(C(C)=O)N1C(C)=O. The number of anilines is 1. The van der Waals surface area contributed by atoms with Gasteiger partial charge in [-0.2, -0.15) is 5.01 Å². The smallest absolute Gasteiger partial charge is 0.244 e. The first kappa shape index (κ1) is 17.1. The molecule has 1 aliphatic rings. The van der Waals surface area contributed by atoms with Gasteiger partial charge < -0.3 is 0 Å². The van der Waals surface area contributed by atoms with Gasteiger partial charge in [0.25, 0.3) is 0 Å². The largest absolute Gasteiger partial charge is 0.273 e. The number of pyridine rings is 1. The second-order valence-corrected chi connectivity index (χ2v) is 6.15. The molecule has 1 aromatic carbocycles. The fraction of sp³-hybridized carbons (Fsp3) is 0.368. The van der Waals surface area contributed by atoms with Gasteiger partial charge in [-0.25, -0.2) is 10.0 Å². The molecule has 2 amide bonds. The maximum Gasteiger partial charge on any atom is 0.244 e. The van der Waals surface area contributed by atoms with E-state index in [1.165, 1.54) is 23.9 Å². The molecule has 130 valence electrons. The number of hydrogen-bond acceptors (Lipinski definition) is 4. The van der Waals surface area contributed by atoms with Crippen LogP contribution < -0.4 is 5.01 Å². The first-order chi connectivity index (χ1) is 12.0. The highest BCUT2D eigenvalue weighted by Crippen LogP contribution is 2.40. The van der Waals surface area contributed by atoms with E-state index in [2.05, 4.69) is 18.8 Å². The lowest BCUT2D eigenvalue weighted by Gasteiger charge is -2.40. The Morgan fingerprint density at radius 3 is 2.28 bits per heavy atom. The molecule has 1 aromatic heterocycles. The molecule has 25 heavy (non-hydrogen) atoms. The fourth-order valence-electron chi connectivity index (χ4n) is 3.31. The van der Waals surface area contributed by atoms with Gasteiger partial charge in [0.05, 0.1) is 11.7 Å². The molecule has 0 saturated heterocycles. The van der Waals surface area contributed by atoms with Crippen LogP contribution in [0.5, 0.6) is 0 Å². The van der Waals surface area contributed by atoms with E-state index in [4.69, 9.17) is 4.99 Å². The summed E-state index contributed by atoms with van der Waals surface area (Å²) >= 11 is 0. The Balaban J connectivity index is 2.35. The number of fused-ring (bicyclic) bond motifs is 3. The number of amides is 2. The second-order valence-electron chi connectivity index (χ2n) is 6.15. The summed E-state index contributed by atoms with van der Waals surface area (Å²) in [5.41, 5.74) is 1.99. The van der Waals surface area contributed by atoms with E-state index in [1.54, 1.807) is 6.20 Å². The molecule has 1 aliphatic heterocycles. The Kier molecular flexibility index (Phi) is 4.53. The van der Waals surface area contributed by atoms with Crippen LogP contribution in [-0.4, -0.2) is 27.6 Å². The molecule has 0 aliphatic carbocycles. The normalized spacial score (nSPS) is 13.9. The molecule has 3 rings (SSSR count). The van der Waals surface area contributed by atoms with Crippen molar-refractivity contribution in [2.75, 3.05) is 5.01 Å². The van der Waals surface area contributed by atoms with E-state index in [0.29, 0.717) is 17.2 Å². The molecule has 0 fully saturated rings. The first-order valence-corrected chi connectivity index (χ1v) is 8.57. The van der Waals surface area contributed by atoms with Gasteiger partial charge in [0.2, 0.25) is 11.8 Å². The summed E-state index contributed by atoms with van der Waals surface area (Å²) in [6.07, 6.45) is 3.34. The lowest BCUT2D eigenvalue weighted by atomic mass is 10.0. The lowest BCUT2D eigenvalue weighted by molar-refractivity contribution is -0.130. The number of nitrogens with zero attached hydrogens (tertiary/aromatic N) is 4. The zero-order chi connectivity index (χ0) is 18.1. The monoisotopic (exact) mass is 338 g/mol. The van der Waals surface area contributed by atoms with Crippen LogP contribution in [0.2, 0.25) is 0 Å². The topological polar surface area (TPSA) is 65.9 Å². The van der Waals surface area contributed by atoms with Crippen LogP contribution in [0.1, 0.15) is 40.5 Å². The van der Waals surface area contributed by atoms with E-state index in [1.807, 2.05) is 24.3 Å². The maximum absolute atomic E-state index is 12.5. The predicted molar refractivity (Wildman–Crippen MR) is 98.6 cm³/mol. The molecule has 0 bridgehead atoms. The molecule has 2 aromatic rings. The van der Waals surface area contributed by atoms with Crippen molar-refractivity contribution in [2.45, 2.75) is 40.5 Å². The number of hydrogen-bond donors (Lipinski definition) is 0. The van der Waals surface area contributed by atoms with Crippen LogP contribution in [-0.2, 0) is 9.59 Å². The molecular formula is C19H22N4O2. The average molecular weight is 338 g/mol. The number of carbonyl (C=O) groups excluding carboxylic acids is 2. The molecule has 0 spiro atoms. The number of carbonyl (C=O) groups is 2. The van der Waals surface area contributed by atoms with Gasteiger partial charge in [0.15, 0.2) is 0 Å². The summed E-state index contributed by atoms with van der Waals surface area (Å²) in [6, 6.07) is 7.56. The van der Waals surface area contributed by atoms with Gasteiger partial charge in [-0.1, -0.05) is 32.0 Å². The Bertz CT molecular complexity index is 871. The van der Waals surface area contributed by atoms with E-state index in [-0.39, 0.29) is 17.7 Å². The van der Waals surface area contributed by atoms with Gasteiger partial charge in [-0.3, -0.25) is 14.6 Å². The zero-order valence-corrected chi connectivity index (χ0v) is 15.0. The summed E-state index contributed by atoms with van der Waals surface area (Å²) in [4.78, 5) is 34.2. The van der Waals surface area contributed by atoms with Crippen molar-refractivity contribution in [1.82, 2.24) is 9.99 Å². The Morgan fingerprint density at radius 1 is 1.04 bits per heavy atom. The second kappa shape index (κ2) is 6.63. The average Bonchev–Trinajstić information content (AvgIpc) is 2.61. The van der Waals surface area contributed by atoms with Crippen LogP contribution in [0.4, 0.5) is 11.4 Å². The number of hydrazine groups is 1. The number of rotatable bonds is 3. The molecular weight excluding hydrogens is 316 g/mol. The summed E-state index contributed by atoms with van der Waals surface area (Å²) in [5, 5.41) is 3.67. The highest BCUT2D eigenvalue weighted by atomic mass is 16.2. The van der Waals surface area contributed by atoms with Crippen molar-refractivity contribution in [3.05, 3.63) is 30.5 Å². The molecule has 0 unspecified atom stereocenters. The maximum atomic E-state index is 12.5. The van der Waals surface area contributed by atoms with Gasteiger partial charge in [0, 0.05) is 25.2 Å². The van der Waals surface area contributed by atoms with Crippen LogP contribution in [0.15, 0.2) is 35.5 Å². The molecule has 6 nitrogen and oxygen atoms in total. The molecule has 6 heteroatoms. The van der Waals surface area contributed by atoms with Crippen molar-refractivity contribution >= 4 is 39.9 Å². The van der Waals surface area contributed by atoms with Crippen LogP contribution in [0, 0.1) is 5.92 Å². The Morgan fingerprint density at radius 2 is 1.68 bits per heavy atom. The molecule has 2 heterocycles. The van der Waals surface area contributed by atoms with Crippen molar-refractivity contribution in [3.63, 3.8) is 0 Å². The van der Waals surface area contributed by atoms with Gasteiger partial charge in [-0.15, -0.1) is 0 Å². The first-order valence-electron chi connectivity index (χ1n) is 8.57. The van der Waals surface area contributed by atoms with E-state index in [0.717, 1.165) is 23.7 Å². The third kappa shape index (κ3) is 2.77. The number of aromatic nitrogens is 1. The molecule has 0 radical (unpaired) electrons. The number of amidine groups is 1. The number of aliphatic imine (C=N–C) groups is 1. The van der Waals surface area contributed by atoms with Gasteiger partial charge >= 0.3 is 0 Å². The minimum absolute atomic E-state index is 0.0883. The zero-order valence-electron chi connectivity index (χ0n) is 15.0. The third-order valence-corrected chi connectivity index (χ3v) is 4.54. The molecule has 0 saturated carbocycles. The predicted octanol–water partition coefficient (Wildman–Crippen LogP) is 3.83. The summed E-state index contributed by atoms with van der Waals surface area (Å²) in [5.74, 6) is 0.237. The van der Waals surface area contributed by atoms with Crippen LogP contribution in [0.3, 0.4) is 0 Å². The fourth-order valence-corrected chi connectivity index (χ4v) is 3.31. The van der Waals surface area contributed by atoms with E-state index < -0.39 is 0 Å². The number of para-hydroxylation sites is 1. The highest BCUT2D eigenvalue weighted by molar-refractivity contribution is 6.15. The standard InChI is InChI=1S/C19H22N4O2/c1-5-14(6-2)19-21-17-11-20-16-10-8-7-9-15(16)18(17)22(12(3)24)23(19)13(4)25/h7-11,14H,5-6H2,1-4H3. The summed E-state index contributed by atoms with van der Waals surface area (Å²) in [7, 11) is 0. The Labute approximate surface area is 147 Å². The van der Waals surface area contributed by atoms with E-state index in [9.17, 15) is 9.59 Å². The Hall–Kier alpha value is -2.76. The van der Waals surface area contributed by atoms with Gasteiger partial charge in [-0.05, 0) is 18.9 Å². The molecule has 0 atom stereocenters. The van der Waals surface area contributed by atoms with E-state index >= 15 is 0 Å². The molecule has 0 N–H and O–H groups in total. The summed E-state index contributed by atoms with van der Waals surface area (Å²) < 4.78 is 0. The lowest BCUT2D eigenvalue weighted by Crippen LogP contribution is -2.55. The van der Waals surface area contributed by atoms with Crippen molar-refractivity contribution in [2.24, 2.45) is 10.9 Å². The number of benzene rings is 1. The van der Waals surface area contributed by atoms with Crippen LogP contribution >= 0.6 is 0 Å². The van der Waals surface area contributed by atoms with Crippen molar-refractivity contribution < 1.29 is 9.59 Å². The van der Waals surface area contributed by atoms with Crippen LogP contribution in [0.25, 0.3) is 10.9 Å². The van der Waals surface area contributed by atoms with Crippen molar-refractivity contribution in [3.8, 4) is 0 Å². The quantitative estimate of drug-likeness (QED) is 0.854. The van der Waals surface area contributed by atoms with Crippen molar-refractivity contribution in [1.29, 1.82) is 0 Å². The minimum Gasteiger partial charge on any atom is -0.273 e. The third-order valence-electron chi connectivity index (χ3n) is 4.54. The minimum atomic E-state index is -0.230. The van der Waals surface area contributed by atoms with Gasteiger partial charge in [0.1, 0.15) is 17.2 Å². The summed E-state index contributed by atoms with van der Waals surface area (Å²) in [6.45, 7) is 7.04. The highest BCUT2D eigenvalue weighted by Gasteiger charge is 2.36.